The summed E-state index contributed by atoms with van der Waals surface area (Å²) in [4.78, 5) is 24.6. The Bertz CT molecular complexity index is 1450. The number of hydrogen-bond donors (Lipinski definition) is 2. The van der Waals surface area contributed by atoms with Gasteiger partial charge in [-0.1, -0.05) is 61.8 Å². The molecule has 0 saturated heterocycles. The van der Waals surface area contributed by atoms with Gasteiger partial charge < -0.3 is 19.8 Å². The largest absolute Gasteiger partial charge is 0.484 e. The van der Waals surface area contributed by atoms with E-state index < -0.39 is 0 Å². The first-order valence-electron chi connectivity index (χ1n) is 11.8. The molecule has 2 N–H and O–H groups in total. The Hall–Kier alpha value is -3.54. The van der Waals surface area contributed by atoms with Crippen LogP contribution < -0.4 is 15.4 Å². The molecule has 2 heterocycles. The van der Waals surface area contributed by atoms with Crippen molar-refractivity contribution in [3.63, 3.8) is 0 Å². The number of thioether (sulfide) groups is 1. The Morgan fingerprint density at radius 2 is 1.90 bits per heavy atom. The first-order chi connectivity index (χ1) is 18.6. The number of aromatic nitrogens is 4. The van der Waals surface area contributed by atoms with Gasteiger partial charge in [0.25, 0.3) is 5.91 Å². The third-order valence-electron chi connectivity index (χ3n) is 5.44. The van der Waals surface area contributed by atoms with Crippen LogP contribution in [0.1, 0.15) is 32.1 Å². The number of anilines is 1. The van der Waals surface area contributed by atoms with Gasteiger partial charge in [-0.05, 0) is 57.8 Å². The van der Waals surface area contributed by atoms with Crippen LogP contribution in [0.4, 0.5) is 5.69 Å². The predicted molar refractivity (Wildman–Crippen MR) is 150 cm³/mol. The summed E-state index contributed by atoms with van der Waals surface area (Å²) < 4.78 is 12.1. The molecular weight excluding hydrogens is 563 g/mol. The summed E-state index contributed by atoms with van der Waals surface area (Å²) in [5.41, 5.74) is 2.04. The van der Waals surface area contributed by atoms with Crippen LogP contribution in [0, 0.1) is 0 Å². The summed E-state index contributed by atoms with van der Waals surface area (Å²) in [5.74, 6) is 0.429. The number of carbonyl (C=O) groups excluding carboxylic acids is 2. The van der Waals surface area contributed by atoms with Gasteiger partial charge in [0.2, 0.25) is 11.1 Å². The van der Waals surface area contributed by atoms with Crippen LogP contribution in [0.15, 0.2) is 64.4 Å². The van der Waals surface area contributed by atoms with E-state index in [0.29, 0.717) is 33.1 Å². The minimum atomic E-state index is -0.314. The second-order valence-electron chi connectivity index (χ2n) is 9.41. The second kappa shape index (κ2) is 12.5. The fourth-order valence-electron chi connectivity index (χ4n) is 3.37. The number of amides is 2. The molecule has 2 amide bonds. The van der Waals surface area contributed by atoms with E-state index in [4.69, 9.17) is 32.4 Å². The standard InChI is InChI=1S/C26H26Cl2N6O4S/c1-26(2,3)16-6-9-22(20(28)11-16)34-25(31-32-33-34)39-15-24(36)30-21-8-7-17(12-19(21)27)38-14-23(35)29-13-18-5-4-10-37-18/h4-12H,13-15H2,1-3H3,(H,29,35)(H,30,36). The highest BCUT2D eigenvalue weighted by Gasteiger charge is 2.19. The topological polar surface area (TPSA) is 124 Å². The van der Waals surface area contributed by atoms with Crippen LogP contribution in [-0.4, -0.2) is 44.4 Å². The zero-order valence-electron chi connectivity index (χ0n) is 21.4. The molecule has 2 aromatic heterocycles. The fraction of sp³-hybridized carbons (Fsp3) is 0.269. The average molecular weight is 590 g/mol. The second-order valence-corrected chi connectivity index (χ2v) is 11.2. The number of tetrazole rings is 1. The molecule has 39 heavy (non-hydrogen) atoms. The molecule has 204 valence electrons. The molecule has 4 aromatic rings. The molecule has 2 aromatic carbocycles. The van der Waals surface area contributed by atoms with E-state index in [-0.39, 0.29) is 41.2 Å². The number of hydrogen-bond acceptors (Lipinski definition) is 8. The monoisotopic (exact) mass is 588 g/mol. The van der Waals surface area contributed by atoms with Crippen LogP contribution in [-0.2, 0) is 21.5 Å². The molecule has 4 rings (SSSR count). The van der Waals surface area contributed by atoms with Gasteiger partial charge in [-0.25, -0.2) is 0 Å². The van der Waals surface area contributed by atoms with Crippen LogP contribution in [0.2, 0.25) is 10.0 Å². The van der Waals surface area contributed by atoms with E-state index in [1.165, 1.54) is 17.0 Å². The van der Waals surface area contributed by atoms with Crippen LogP contribution in [0.5, 0.6) is 5.75 Å². The number of nitrogens with one attached hydrogen (secondary N) is 2. The van der Waals surface area contributed by atoms with Gasteiger partial charge in [0.1, 0.15) is 11.5 Å². The maximum atomic E-state index is 12.6. The van der Waals surface area contributed by atoms with Gasteiger partial charge in [-0.3, -0.25) is 9.59 Å². The number of furan rings is 1. The van der Waals surface area contributed by atoms with Crippen LogP contribution in [0.25, 0.3) is 5.69 Å². The SMILES string of the molecule is CC(C)(C)c1ccc(-n2nnnc2SCC(=O)Nc2ccc(OCC(=O)NCc3ccco3)cc2Cl)c(Cl)c1. The summed E-state index contributed by atoms with van der Waals surface area (Å²) in [5, 5.41) is 18.4. The molecule has 0 aliphatic heterocycles. The van der Waals surface area contributed by atoms with Crippen LogP contribution >= 0.6 is 35.0 Å². The molecular formula is C26H26Cl2N6O4S. The van der Waals surface area contributed by atoms with E-state index in [9.17, 15) is 9.59 Å². The van der Waals surface area contributed by atoms with E-state index >= 15 is 0 Å². The first kappa shape index (κ1) is 28.5. The van der Waals surface area contributed by atoms with Crippen molar-refractivity contribution in [3.05, 3.63) is 76.2 Å². The molecule has 13 heteroatoms. The highest BCUT2D eigenvalue weighted by Crippen LogP contribution is 2.31. The molecule has 0 unspecified atom stereocenters. The summed E-state index contributed by atoms with van der Waals surface area (Å²) in [7, 11) is 0. The fourth-order valence-corrected chi connectivity index (χ4v) is 4.53. The third kappa shape index (κ3) is 7.75. The molecule has 10 nitrogen and oxygen atoms in total. The molecule has 0 aliphatic rings. The van der Waals surface area contributed by atoms with E-state index in [1.54, 1.807) is 24.3 Å². The smallest absolute Gasteiger partial charge is 0.258 e. The van der Waals surface area contributed by atoms with Crippen molar-refractivity contribution in [2.75, 3.05) is 17.7 Å². The van der Waals surface area contributed by atoms with E-state index in [1.807, 2.05) is 18.2 Å². The van der Waals surface area contributed by atoms with Crippen molar-refractivity contribution in [2.24, 2.45) is 0 Å². The normalized spacial score (nSPS) is 11.3. The molecule has 0 atom stereocenters. The Kier molecular flexibility index (Phi) is 9.16. The number of nitrogens with zero attached hydrogens (tertiary/aromatic N) is 4. The number of carbonyl (C=O) groups is 2. The summed E-state index contributed by atoms with van der Waals surface area (Å²) in [6, 6.07) is 14.0. The number of benzene rings is 2. The number of rotatable bonds is 10. The van der Waals surface area contributed by atoms with Crippen LogP contribution in [0.3, 0.4) is 0 Å². The molecule has 0 saturated carbocycles. The van der Waals surface area contributed by atoms with Gasteiger partial charge in [-0.2, -0.15) is 4.68 Å². The summed E-state index contributed by atoms with van der Waals surface area (Å²) in [6.45, 7) is 6.38. The lowest BCUT2D eigenvalue weighted by Crippen LogP contribution is -2.28. The lowest BCUT2D eigenvalue weighted by Gasteiger charge is -2.20. The first-order valence-corrected chi connectivity index (χ1v) is 13.6. The molecule has 0 spiro atoms. The van der Waals surface area contributed by atoms with Gasteiger partial charge in [0.15, 0.2) is 6.61 Å². The zero-order chi connectivity index (χ0) is 28.0. The maximum absolute atomic E-state index is 12.6. The Labute approximate surface area is 239 Å². The van der Waals surface area contributed by atoms with Crippen molar-refractivity contribution in [1.29, 1.82) is 0 Å². The van der Waals surface area contributed by atoms with Gasteiger partial charge in [0.05, 0.1) is 40.0 Å². The van der Waals surface area contributed by atoms with Crippen molar-refractivity contribution < 1.29 is 18.7 Å². The lowest BCUT2D eigenvalue weighted by atomic mass is 9.87. The third-order valence-corrected chi connectivity index (χ3v) is 6.97. The van der Waals surface area contributed by atoms with Crippen molar-refractivity contribution in [3.8, 4) is 11.4 Å². The molecule has 0 aliphatic carbocycles. The Balaban J connectivity index is 1.29. The highest BCUT2D eigenvalue weighted by molar-refractivity contribution is 7.99. The quantitative estimate of drug-likeness (QED) is 0.239. The number of halogens is 2. The van der Waals surface area contributed by atoms with E-state index in [0.717, 1.165) is 17.3 Å². The van der Waals surface area contributed by atoms with E-state index in [2.05, 4.69) is 46.9 Å². The molecule has 0 bridgehead atoms. The number of ether oxygens (including phenoxy) is 1. The van der Waals surface area contributed by atoms with Crippen molar-refractivity contribution >= 4 is 52.5 Å². The summed E-state index contributed by atoms with van der Waals surface area (Å²) >= 11 is 14.0. The highest BCUT2D eigenvalue weighted by atomic mass is 35.5. The Morgan fingerprint density at radius 3 is 2.59 bits per heavy atom. The minimum Gasteiger partial charge on any atom is -0.484 e. The minimum absolute atomic E-state index is 0.0302. The van der Waals surface area contributed by atoms with Gasteiger partial charge in [-0.15, -0.1) is 5.10 Å². The Morgan fingerprint density at radius 1 is 1.08 bits per heavy atom. The molecule has 0 radical (unpaired) electrons. The summed E-state index contributed by atoms with van der Waals surface area (Å²) in [6.07, 6.45) is 1.53. The van der Waals surface area contributed by atoms with Gasteiger partial charge >= 0.3 is 0 Å². The predicted octanol–water partition coefficient (Wildman–Crippen LogP) is 5.29. The van der Waals surface area contributed by atoms with Crippen molar-refractivity contribution in [1.82, 2.24) is 25.5 Å². The lowest BCUT2D eigenvalue weighted by molar-refractivity contribution is -0.123. The molecule has 0 fully saturated rings. The van der Waals surface area contributed by atoms with Gasteiger partial charge in [0, 0.05) is 6.07 Å². The maximum Gasteiger partial charge on any atom is 0.258 e. The average Bonchev–Trinajstić information content (AvgIpc) is 3.58. The van der Waals surface area contributed by atoms with Crippen molar-refractivity contribution in [2.45, 2.75) is 37.9 Å². The zero-order valence-corrected chi connectivity index (χ0v) is 23.7.